The van der Waals surface area contributed by atoms with E-state index in [1.165, 1.54) is 11.5 Å². The van der Waals surface area contributed by atoms with Gasteiger partial charge in [0, 0.05) is 40.4 Å². The van der Waals surface area contributed by atoms with Crippen LogP contribution in [0.15, 0.2) is 11.5 Å². The van der Waals surface area contributed by atoms with Crippen LogP contribution in [0.3, 0.4) is 0 Å². The molecule has 0 saturated carbocycles. The Morgan fingerprint density at radius 2 is 2.00 bits per heavy atom. The van der Waals surface area contributed by atoms with Crippen LogP contribution in [-0.2, 0) is 9.15 Å². The molecule has 0 aliphatic heterocycles. The molecule has 0 spiro atoms. The first-order valence-electron chi connectivity index (χ1n) is 1.83. The standard InChI is InChI=1S/C3H6O3S2.Na/c1-2-3-7-8(4,5)6;/h2-3H,1H3,(H,4,5,6);/b3-2+;. The van der Waals surface area contributed by atoms with E-state index < -0.39 is 9.15 Å². The van der Waals surface area contributed by atoms with Gasteiger partial charge in [-0.05, 0) is 12.3 Å². The first-order chi connectivity index (χ1) is 3.56. The Kier molecular flexibility index (Phi) is 8.10. The van der Waals surface area contributed by atoms with Crippen LogP contribution in [0.1, 0.15) is 6.92 Å². The van der Waals surface area contributed by atoms with Crippen LogP contribution in [0.4, 0.5) is 0 Å². The third-order valence-corrected chi connectivity index (χ3v) is 2.00. The van der Waals surface area contributed by atoms with Crippen LogP contribution in [0.2, 0.25) is 0 Å². The molecule has 0 atom stereocenters. The van der Waals surface area contributed by atoms with Gasteiger partial charge in [0.15, 0.2) is 0 Å². The maximum atomic E-state index is 9.86. The van der Waals surface area contributed by atoms with Gasteiger partial charge in [-0.25, -0.2) is 0 Å². The van der Waals surface area contributed by atoms with Gasteiger partial charge in [0.05, 0.1) is 0 Å². The summed E-state index contributed by atoms with van der Waals surface area (Å²) in [5.74, 6) is 0. The van der Waals surface area contributed by atoms with E-state index in [0.717, 1.165) is 0 Å². The first-order valence-corrected chi connectivity index (χ1v) is 4.67. The summed E-state index contributed by atoms with van der Waals surface area (Å²) in [6, 6.07) is 0. The topological polar surface area (TPSA) is 54.4 Å². The second-order valence-corrected chi connectivity index (χ2v) is 4.15. The fraction of sp³-hybridized carbons (Fsp3) is 0.333. The van der Waals surface area contributed by atoms with Crippen molar-refractivity contribution in [3.05, 3.63) is 11.5 Å². The van der Waals surface area contributed by atoms with Crippen molar-refractivity contribution in [1.29, 1.82) is 0 Å². The van der Waals surface area contributed by atoms with E-state index in [-0.39, 0.29) is 29.6 Å². The molecule has 0 rings (SSSR count). The minimum absolute atomic E-state index is 0. The molecule has 0 aromatic rings. The van der Waals surface area contributed by atoms with Crippen molar-refractivity contribution in [2.24, 2.45) is 0 Å². The predicted octanol–water partition coefficient (Wildman–Crippen LogP) is 0.675. The van der Waals surface area contributed by atoms with Gasteiger partial charge in [-0.2, -0.15) is 8.42 Å². The SMILES string of the molecule is C/C=C/SS(=O)(=O)O.[Na]. The number of allylic oxidation sites excluding steroid dienone is 1. The van der Waals surface area contributed by atoms with Gasteiger partial charge in [0.1, 0.15) is 0 Å². The Bertz CT molecular complexity index is 171. The Morgan fingerprint density at radius 1 is 1.56 bits per heavy atom. The van der Waals surface area contributed by atoms with Crippen LogP contribution in [0.25, 0.3) is 0 Å². The fourth-order valence-corrected chi connectivity index (χ4v) is 1.13. The average molecular weight is 177 g/mol. The molecule has 0 aliphatic rings. The van der Waals surface area contributed by atoms with Gasteiger partial charge in [-0.15, -0.1) is 0 Å². The summed E-state index contributed by atoms with van der Waals surface area (Å²) in [6.07, 6.45) is 1.53. The van der Waals surface area contributed by atoms with E-state index in [0.29, 0.717) is 10.8 Å². The monoisotopic (exact) mass is 177 g/mol. The molecule has 0 saturated heterocycles. The average Bonchev–Trinajstić information content (AvgIpc) is 1.59. The van der Waals surface area contributed by atoms with Crippen LogP contribution in [0, 0.1) is 0 Å². The van der Waals surface area contributed by atoms with Gasteiger partial charge in [-0.1, -0.05) is 6.08 Å². The summed E-state index contributed by atoms with van der Waals surface area (Å²) >= 11 is 0. The van der Waals surface area contributed by atoms with E-state index in [1.54, 1.807) is 6.92 Å². The Balaban J connectivity index is 0. The number of hydrogen-bond acceptors (Lipinski definition) is 3. The van der Waals surface area contributed by atoms with Crippen LogP contribution < -0.4 is 0 Å². The van der Waals surface area contributed by atoms with E-state index in [1.807, 2.05) is 0 Å². The minimum atomic E-state index is -3.86. The molecule has 0 unspecified atom stereocenters. The normalized spacial score (nSPS) is 11.3. The summed E-state index contributed by atoms with van der Waals surface area (Å²) in [7, 11) is -3.48. The molecular weight excluding hydrogens is 171 g/mol. The second kappa shape index (κ2) is 5.76. The van der Waals surface area contributed by atoms with Gasteiger partial charge >= 0.3 is 9.15 Å². The smallest absolute Gasteiger partial charge is 0.277 e. The Hall–Kier alpha value is 1.000. The minimum Gasteiger partial charge on any atom is -0.277 e. The van der Waals surface area contributed by atoms with Gasteiger partial charge < -0.3 is 0 Å². The van der Waals surface area contributed by atoms with Crippen molar-refractivity contribution < 1.29 is 13.0 Å². The predicted molar refractivity (Wildman–Crippen MR) is 39.7 cm³/mol. The number of rotatable bonds is 2. The van der Waals surface area contributed by atoms with Crippen LogP contribution in [-0.4, -0.2) is 42.5 Å². The molecule has 1 radical (unpaired) electrons. The van der Waals surface area contributed by atoms with E-state index >= 15 is 0 Å². The second-order valence-electron chi connectivity index (χ2n) is 0.993. The molecule has 0 amide bonds. The van der Waals surface area contributed by atoms with Crippen molar-refractivity contribution in [1.82, 2.24) is 0 Å². The zero-order valence-corrected chi connectivity index (χ0v) is 8.87. The van der Waals surface area contributed by atoms with Crippen molar-refractivity contribution in [2.45, 2.75) is 6.92 Å². The third-order valence-electron chi connectivity index (χ3n) is 0.313. The summed E-state index contributed by atoms with van der Waals surface area (Å²) in [4.78, 5) is 0. The quantitative estimate of drug-likeness (QED) is 0.383. The summed E-state index contributed by atoms with van der Waals surface area (Å²) < 4.78 is 27.7. The molecule has 0 fully saturated rings. The van der Waals surface area contributed by atoms with Crippen molar-refractivity contribution >= 4 is 49.5 Å². The zero-order valence-electron chi connectivity index (χ0n) is 5.23. The molecule has 0 heterocycles. The van der Waals surface area contributed by atoms with Gasteiger partial charge in [-0.3, -0.25) is 4.55 Å². The molecule has 3 nitrogen and oxygen atoms in total. The first kappa shape index (κ1) is 12.7. The molecule has 9 heavy (non-hydrogen) atoms. The molecule has 6 heteroatoms. The van der Waals surface area contributed by atoms with E-state index in [9.17, 15) is 8.42 Å². The molecule has 49 valence electrons. The molecule has 0 aromatic carbocycles. The summed E-state index contributed by atoms with van der Waals surface area (Å²) in [5.41, 5.74) is 0. The molecular formula is C3H6NaO3S2. The van der Waals surface area contributed by atoms with Crippen molar-refractivity contribution in [3.8, 4) is 0 Å². The maximum absolute atomic E-state index is 9.86. The van der Waals surface area contributed by atoms with Crippen molar-refractivity contribution in [2.75, 3.05) is 0 Å². The maximum Gasteiger partial charge on any atom is 0.323 e. The van der Waals surface area contributed by atoms with Crippen LogP contribution >= 0.6 is 10.8 Å². The molecule has 0 bridgehead atoms. The molecule has 0 aromatic heterocycles. The zero-order chi connectivity index (χ0) is 6.62. The van der Waals surface area contributed by atoms with Crippen LogP contribution in [0.5, 0.6) is 0 Å². The molecule has 1 N–H and O–H groups in total. The van der Waals surface area contributed by atoms with E-state index in [4.69, 9.17) is 4.55 Å². The largest absolute Gasteiger partial charge is 0.323 e. The van der Waals surface area contributed by atoms with E-state index in [2.05, 4.69) is 0 Å². The number of hydrogen-bond donors (Lipinski definition) is 1. The Labute approximate surface area is 80.3 Å². The molecule has 0 aliphatic carbocycles. The summed E-state index contributed by atoms with van der Waals surface area (Å²) in [5, 5.41) is 1.29. The third kappa shape index (κ3) is 12.2. The summed E-state index contributed by atoms with van der Waals surface area (Å²) in [6.45, 7) is 1.66. The van der Waals surface area contributed by atoms with Crippen molar-refractivity contribution in [3.63, 3.8) is 0 Å². The van der Waals surface area contributed by atoms with Gasteiger partial charge in [0.25, 0.3) is 0 Å². The fourth-order valence-electron chi connectivity index (χ4n) is 0.126. The van der Waals surface area contributed by atoms with Gasteiger partial charge in [0.2, 0.25) is 0 Å². The Morgan fingerprint density at radius 3 is 2.11 bits per heavy atom.